The molecule has 0 atom stereocenters. The van der Waals surface area contributed by atoms with Crippen molar-refractivity contribution in [3.05, 3.63) is 70.6 Å². The van der Waals surface area contributed by atoms with E-state index in [1.165, 1.54) is 36.4 Å². The molecule has 0 radical (unpaired) electrons. The minimum Gasteiger partial charge on any atom is -0.452 e. The molecule has 0 aliphatic rings. The second-order valence-corrected chi connectivity index (χ2v) is 5.16. The van der Waals surface area contributed by atoms with E-state index < -0.39 is 11.8 Å². The number of aromatic nitrogens is 2. The first-order chi connectivity index (χ1) is 11.5. The summed E-state index contributed by atoms with van der Waals surface area (Å²) in [4.78, 5) is 15.8. The van der Waals surface area contributed by atoms with Crippen molar-refractivity contribution in [1.82, 2.24) is 10.1 Å². The zero-order valence-corrected chi connectivity index (χ0v) is 12.8. The second-order valence-electron chi connectivity index (χ2n) is 4.72. The van der Waals surface area contributed by atoms with Crippen LogP contribution in [0.5, 0.6) is 0 Å². The quantitative estimate of drug-likeness (QED) is 0.665. The van der Waals surface area contributed by atoms with E-state index in [0.29, 0.717) is 5.56 Å². The Bertz CT molecular complexity index is 881. The maximum absolute atomic E-state index is 13.6. The minimum atomic E-state index is -0.884. The van der Waals surface area contributed by atoms with Crippen LogP contribution in [0.3, 0.4) is 0 Å². The molecule has 1 aromatic heterocycles. The molecule has 0 amide bonds. The van der Waals surface area contributed by atoms with Crippen LogP contribution in [-0.2, 0) is 11.3 Å². The van der Waals surface area contributed by atoms with E-state index in [1.807, 2.05) is 0 Å². The summed E-state index contributed by atoms with van der Waals surface area (Å²) in [6, 6.07) is 9.09. The maximum Gasteiger partial charge on any atom is 0.341 e. The van der Waals surface area contributed by atoms with Gasteiger partial charge in [-0.3, -0.25) is 0 Å². The van der Waals surface area contributed by atoms with Crippen molar-refractivity contribution in [2.75, 3.05) is 0 Å². The fourth-order valence-corrected chi connectivity index (χ4v) is 2.05. The number of hydrogen-bond donors (Lipinski definition) is 0. The zero-order valence-electron chi connectivity index (χ0n) is 12.0. The first-order valence-corrected chi connectivity index (χ1v) is 7.11. The number of halogens is 3. The van der Waals surface area contributed by atoms with Gasteiger partial charge < -0.3 is 9.26 Å². The van der Waals surface area contributed by atoms with E-state index >= 15 is 0 Å². The summed E-state index contributed by atoms with van der Waals surface area (Å²) in [6.07, 6.45) is 0. The van der Waals surface area contributed by atoms with Crippen LogP contribution in [0.15, 0.2) is 47.0 Å². The van der Waals surface area contributed by atoms with Gasteiger partial charge in [0, 0.05) is 10.6 Å². The Hall–Kier alpha value is -2.80. The molecule has 0 unspecified atom stereocenters. The van der Waals surface area contributed by atoms with Gasteiger partial charge in [-0.05, 0) is 42.5 Å². The van der Waals surface area contributed by atoms with Crippen molar-refractivity contribution in [3.63, 3.8) is 0 Å². The SMILES string of the molecule is O=C(OCc1nc(-c2ccc(F)cc2)no1)c1ccc(Cl)cc1F. The number of rotatable bonds is 4. The van der Waals surface area contributed by atoms with Gasteiger partial charge in [0.05, 0.1) is 5.56 Å². The molecule has 0 aliphatic heterocycles. The van der Waals surface area contributed by atoms with Gasteiger partial charge in [0.15, 0.2) is 6.61 Å². The first-order valence-electron chi connectivity index (χ1n) is 6.73. The molecule has 8 heteroatoms. The molecule has 3 rings (SSSR count). The fourth-order valence-electron chi connectivity index (χ4n) is 1.89. The molecule has 24 heavy (non-hydrogen) atoms. The average molecular weight is 351 g/mol. The normalized spacial score (nSPS) is 10.6. The summed E-state index contributed by atoms with van der Waals surface area (Å²) >= 11 is 5.62. The smallest absolute Gasteiger partial charge is 0.341 e. The van der Waals surface area contributed by atoms with Crippen molar-refractivity contribution < 1.29 is 22.8 Å². The predicted molar refractivity (Wildman–Crippen MR) is 80.2 cm³/mol. The Morgan fingerprint density at radius 3 is 2.62 bits per heavy atom. The number of carbonyl (C=O) groups is 1. The average Bonchev–Trinajstić information content (AvgIpc) is 3.02. The van der Waals surface area contributed by atoms with Crippen LogP contribution in [0.2, 0.25) is 5.02 Å². The van der Waals surface area contributed by atoms with Crippen LogP contribution >= 0.6 is 11.6 Å². The molecule has 0 saturated heterocycles. The number of esters is 1. The largest absolute Gasteiger partial charge is 0.452 e. The van der Waals surface area contributed by atoms with Gasteiger partial charge in [-0.1, -0.05) is 16.8 Å². The van der Waals surface area contributed by atoms with Crippen LogP contribution in [0, 0.1) is 11.6 Å². The lowest BCUT2D eigenvalue weighted by Crippen LogP contribution is -2.07. The zero-order chi connectivity index (χ0) is 17.1. The lowest BCUT2D eigenvalue weighted by Gasteiger charge is -2.03. The van der Waals surface area contributed by atoms with E-state index in [2.05, 4.69) is 10.1 Å². The molecule has 3 aromatic rings. The Morgan fingerprint density at radius 1 is 1.17 bits per heavy atom. The molecule has 5 nitrogen and oxygen atoms in total. The van der Waals surface area contributed by atoms with Gasteiger partial charge in [0.25, 0.3) is 5.89 Å². The predicted octanol–water partition coefficient (Wildman–Crippen LogP) is 4.03. The molecule has 0 saturated carbocycles. The third-order valence-electron chi connectivity index (χ3n) is 3.05. The Labute approximate surface area is 139 Å². The molecule has 0 N–H and O–H groups in total. The second kappa shape index (κ2) is 6.76. The standard InChI is InChI=1S/C16H9ClF2N2O3/c17-10-3-6-12(13(19)7-10)16(22)23-8-14-20-15(21-24-14)9-1-4-11(18)5-2-9/h1-7H,8H2. The van der Waals surface area contributed by atoms with Crippen molar-refractivity contribution >= 4 is 17.6 Å². The van der Waals surface area contributed by atoms with Crippen molar-refractivity contribution in [2.45, 2.75) is 6.61 Å². The van der Waals surface area contributed by atoms with Crippen LogP contribution < -0.4 is 0 Å². The van der Waals surface area contributed by atoms with Crippen LogP contribution in [-0.4, -0.2) is 16.1 Å². The number of hydrogen-bond acceptors (Lipinski definition) is 5. The third kappa shape index (κ3) is 3.57. The van der Waals surface area contributed by atoms with E-state index in [4.69, 9.17) is 20.9 Å². The van der Waals surface area contributed by atoms with Gasteiger partial charge in [-0.2, -0.15) is 4.98 Å². The van der Waals surface area contributed by atoms with E-state index in [0.717, 1.165) is 6.07 Å². The Kier molecular flexibility index (Phi) is 4.52. The molecule has 2 aromatic carbocycles. The number of nitrogens with zero attached hydrogens (tertiary/aromatic N) is 2. The first kappa shape index (κ1) is 16.1. The molecular weight excluding hydrogens is 342 g/mol. The van der Waals surface area contributed by atoms with E-state index in [1.54, 1.807) is 0 Å². The summed E-state index contributed by atoms with van der Waals surface area (Å²) in [7, 11) is 0. The van der Waals surface area contributed by atoms with Crippen LogP contribution in [0.25, 0.3) is 11.4 Å². The molecule has 122 valence electrons. The maximum atomic E-state index is 13.6. The van der Waals surface area contributed by atoms with E-state index in [-0.39, 0.29) is 34.7 Å². The highest BCUT2D eigenvalue weighted by atomic mass is 35.5. The molecule has 0 bridgehead atoms. The van der Waals surface area contributed by atoms with Crippen molar-refractivity contribution in [3.8, 4) is 11.4 Å². The highest BCUT2D eigenvalue weighted by molar-refractivity contribution is 6.30. The summed E-state index contributed by atoms with van der Waals surface area (Å²) in [5.74, 6) is -1.81. The van der Waals surface area contributed by atoms with E-state index in [9.17, 15) is 13.6 Å². The summed E-state index contributed by atoms with van der Waals surface area (Å²) < 4.78 is 36.4. The van der Waals surface area contributed by atoms with Crippen molar-refractivity contribution in [1.29, 1.82) is 0 Å². The van der Waals surface area contributed by atoms with Crippen LogP contribution in [0.1, 0.15) is 16.2 Å². The Balaban J connectivity index is 1.67. The molecule has 1 heterocycles. The number of carbonyl (C=O) groups excluding carboxylic acids is 1. The van der Waals surface area contributed by atoms with Gasteiger partial charge >= 0.3 is 5.97 Å². The number of benzene rings is 2. The molecule has 0 spiro atoms. The van der Waals surface area contributed by atoms with Crippen LogP contribution in [0.4, 0.5) is 8.78 Å². The summed E-state index contributed by atoms with van der Waals surface area (Å²) in [5, 5.41) is 3.88. The fraction of sp³-hybridized carbons (Fsp3) is 0.0625. The minimum absolute atomic E-state index is 0.0250. The highest BCUT2D eigenvalue weighted by Crippen LogP contribution is 2.18. The molecular formula is C16H9ClF2N2O3. The summed E-state index contributed by atoms with van der Waals surface area (Å²) in [6.45, 7) is -0.324. The molecule has 0 aliphatic carbocycles. The van der Waals surface area contributed by atoms with Gasteiger partial charge in [0.2, 0.25) is 5.82 Å². The highest BCUT2D eigenvalue weighted by Gasteiger charge is 2.16. The Morgan fingerprint density at radius 2 is 1.92 bits per heavy atom. The lowest BCUT2D eigenvalue weighted by atomic mass is 10.2. The summed E-state index contributed by atoms with van der Waals surface area (Å²) in [5.41, 5.74) is 0.291. The lowest BCUT2D eigenvalue weighted by molar-refractivity contribution is 0.0424. The number of ether oxygens (including phenoxy) is 1. The van der Waals surface area contributed by atoms with Gasteiger partial charge in [-0.15, -0.1) is 0 Å². The van der Waals surface area contributed by atoms with Gasteiger partial charge in [0.1, 0.15) is 11.6 Å². The topological polar surface area (TPSA) is 65.2 Å². The van der Waals surface area contributed by atoms with Gasteiger partial charge in [-0.25, -0.2) is 13.6 Å². The third-order valence-corrected chi connectivity index (χ3v) is 3.28. The van der Waals surface area contributed by atoms with Crippen molar-refractivity contribution in [2.24, 2.45) is 0 Å². The monoisotopic (exact) mass is 350 g/mol. The molecule has 0 fully saturated rings.